The average molecular weight is 243 g/mol. The lowest BCUT2D eigenvalue weighted by molar-refractivity contribution is -0.182. The zero-order valence-corrected chi connectivity index (χ0v) is 11.5. The van der Waals surface area contributed by atoms with E-state index in [9.17, 15) is 4.79 Å². The van der Waals surface area contributed by atoms with Crippen molar-refractivity contribution in [2.75, 3.05) is 19.6 Å². The molecule has 1 fully saturated rings. The first-order valence-electron chi connectivity index (χ1n) is 6.08. The van der Waals surface area contributed by atoms with Crippen molar-refractivity contribution < 1.29 is 9.53 Å². The van der Waals surface area contributed by atoms with E-state index in [1.807, 2.05) is 6.92 Å². The van der Waals surface area contributed by atoms with E-state index in [0.29, 0.717) is 6.54 Å². The fourth-order valence-electron chi connectivity index (χ4n) is 2.69. The summed E-state index contributed by atoms with van der Waals surface area (Å²) in [6.07, 6.45) is 0. The van der Waals surface area contributed by atoms with Crippen LogP contribution in [-0.2, 0) is 9.53 Å². The molecule has 100 valence electrons. The second-order valence-corrected chi connectivity index (χ2v) is 6.20. The Kier molecular flexibility index (Phi) is 4.17. The molecule has 0 aromatic rings. The summed E-state index contributed by atoms with van der Waals surface area (Å²) in [5.41, 5.74) is 1.84. The van der Waals surface area contributed by atoms with Crippen molar-refractivity contribution in [1.29, 1.82) is 0 Å². The minimum Gasteiger partial charge on any atom is -0.367 e. The summed E-state index contributed by atoms with van der Waals surface area (Å²) in [5.74, 6) is 4.92. The molecule has 0 spiro atoms. The molecule has 1 aliphatic heterocycles. The molecule has 1 amide bonds. The second kappa shape index (κ2) is 4.92. The predicted molar refractivity (Wildman–Crippen MR) is 67.2 cm³/mol. The van der Waals surface area contributed by atoms with E-state index in [-0.39, 0.29) is 23.0 Å². The third-order valence-electron chi connectivity index (χ3n) is 2.88. The Balaban J connectivity index is 2.62. The van der Waals surface area contributed by atoms with Crippen LogP contribution in [-0.4, -0.2) is 41.6 Å². The fourth-order valence-corrected chi connectivity index (χ4v) is 2.69. The van der Waals surface area contributed by atoms with Crippen molar-refractivity contribution in [2.45, 2.75) is 45.8 Å². The van der Waals surface area contributed by atoms with E-state index in [1.54, 1.807) is 0 Å². The molecule has 5 heteroatoms. The number of nitrogens with one attached hydrogen (secondary N) is 1. The van der Waals surface area contributed by atoms with Crippen molar-refractivity contribution in [1.82, 2.24) is 10.3 Å². The molecule has 3 N–H and O–H groups in total. The number of rotatable bonds is 3. The molecular formula is C12H25N3O2. The van der Waals surface area contributed by atoms with Gasteiger partial charge in [0.05, 0.1) is 11.2 Å². The fraction of sp³-hybridized carbons (Fsp3) is 0.917. The Hall–Kier alpha value is -0.650. The molecule has 1 heterocycles. The van der Waals surface area contributed by atoms with Gasteiger partial charge >= 0.3 is 0 Å². The Morgan fingerprint density at radius 3 is 2.24 bits per heavy atom. The van der Waals surface area contributed by atoms with Gasteiger partial charge in [0.25, 0.3) is 0 Å². The molecule has 1 rings (SSSR count). The number of ether oxygens (including phenoxy) is 1. The standard InChI is InChI=1S/C12H25N3O2/c1-9(10(16)14-13)6-15-7-11(2,3)17-12(4,5)8-15/h9H,6-8,13H2,1-5H3,(H,14,16). The van der Waals surface area contributed by atoms with Gasteiger partial charge in [0, 0.05) is 25.6 Å². The number of morpholine rings is 1. The number of hydrazine groups is 1. The molecule has 0 aromatic carbocycles. The van der Waals surface area contributed by atoms with Gasteiger partial charge in [-0.05, 0) is 27.7 Å². The van der Waals surface area contributed by atoms with Crippen LogP contribution in [0.5, 0.6) is 0 Å². The summed E-state index contributed by atoms with van der Waals surface area (Å²) < 4.78 is 5.99. The van der Waals surface area contributed by atoms with Gasteiger partial charge in [0.1, 0.15) is 0 Å². The molecule has 0 aliphatic carbocycles. The second-order valence-electron chi connectivity index (χ2n) is 6.20. The van der Waals surface area contributed by atoms with Crippen molar-refractivity contribution in [2.24, 2.45) is 11.8 Å². The van der Waals surface area contributed by atoms with Gasteiger partial charge in [-0.2, -0.15) is 0 Å². The molecule has 5 nitrogen and oxygen atoms in total. The molecule has 0 bridgehead atoms. The molecule has 1 aliphatic rings. The SMILES string of the molecule is CC(CN1CC(C)(C)OC(C)(C)C1)C(=O)NN. The maximum Gasteiger partial charge on any atom is 0.237 e. The van der Waals surface area contributed by atoms with Crippen LogP contribution in [0.2, 0.25) is 0 Å². The molecule has 17 heavy (non-hydrogen) atoms. The largest absolute Gasteiger partial charge is 0.367 e. The molecule has 1 saturated heterocycles. The normalized spacial score (nSPS) is 25.3. The van der Waals surface area contributed by atoms with E-state index in [1.165, 1.54) is 0 Å². The summed E-state index contributed by atoms with van der Waals surface area (Å²) in [6, 6.07) is 0. The third kappa shape index (κ3) is 4.26. The highest BCUT2D eigenvalue weighted by atomic mass is 16.5. The highest BCUT2D eigenvalue weighted by molar-refractivity contribution is 5.77. The lowest BCUT2D eigenvalue weighted by atomic mass is 9.97. The maximum atomic E-state index is 11.4. The van der Waals surface area contributed by atoms with Gasteiger partial charge in [-0.15, -0.1) is 0 Å². The number of hydrogen-bond acceptors (Lipinski definition) is 4. The van der Waals surface area contributed by atoms with Crippen LogP contribution in [0.25, 0.3) is 0 Å². The summed E-state index contributed by atoms with van der Waals surface area (Å²) in [5, 5.41) is 0. The van der Waals surface area contributed by atoms with Gasteiger partial charge in [-0.25, -0.2) is 5.84 Å². The summed E-state index contributed by atoms with van der Waals surface area (Å²) in [7, 11) is 0. The zero-order valence-electron chi connectivity index (χ0n) is 11.5. The Labute approximate surface area is 104 Å². The highest BCUT2D eigenvalue weighted by Crippen LogP contribution is 2.28. The zero-order chi connectivity index (χ0) is 13.3. The predicted octanol–water partition coefficient (Wildman–Crippen LogP) is 0.502. The number of nitrogens with zero attached hydrogens (tertiary/aromatic N) is 1. The summed E-state index contributed by atoms with van der Waals surface area (Å²) in [4.78, 5) is 13.7. The van der Waals surface area contributed by atoms with Gasteiger partial charge in [0.15, 0.2) is 0 Å². The van der Waals surface area contributed by atoms with Crippen LogP contribution < -0.4 is 11.3 Å². The van der Waals surface area contributed by atoms with Gasteiger partial charge < -0.3 is 4.74 Å². The van der Waals surface area contributed by atoms with Crippen LogP contribution in [0.15, 0.2) is 0 Å². The van der Waals surface area contributed by atoms with E-state index < -0.39 is 0 Å². The monoisotopic (exact) mass is 243 g/mol. The first-order chi connectivity index (χ1) is 7.65. The minimum atomic E-state index is -0.180. The highest BCUT2D eigenvalue weighted by Gasteiger charge is 2.38. The Morgan fingerprint density at radius 1 is 1.35 bits per heavy atom. The van der Waals surface area contributed by atoms with Crippen molar-refractivity contribution >= 4 is 5.91 Å². The molecule has 0 saturated carbocycles. The van der Waals surface area contributed by atoms with Crippen LogP contribution in [0.3, 0.4) is 0 Å². The summed E-state index contributed by atoms with van der Waals surface area (Å²) >= 11 is 0. The lowest BCUT2D eigenvalue weighted by Gasteiger charge is -2.47. The van der Waals surface area contributed by atoms with Gasteiger partial charge in [0.2, 0.25) is 5.91 Å². The van der Waals surface area contributed by atoms with Crippen LogP contribution in [0.1, 0.15) is 34.6 Å². The van der Waals surface area contributed by atoms with Gasteiger partial charge in [-0.1, -0.05) is 6.92 Å². The van der Waals surface area contributed by atoms with Crippen LogP contribution >= 0.6 is 0 Å². The Bertz CT molecular complexity index is 273. The maximum absolute atomic E-state index is 11.4. The van der Waals surface area contributed by atoms with Crippen LogP contribution in [0, 0.1) is 5.92 Å². The lowest BCUT2D eigenvalue weighted by Crippen LogP contribution is -2.58. The molecule has 1 unspecified atom stereocenters. The quantitative estimate of drug-likeness (QED) is 0.430. The number of carbonyl (C=O) groups is 1. The Morgan fingerprint density at radius 2 is 1.82 bits per heavy atom. The van der Waals surface area contributed by atoms with Crippen molar-refractivity contribution in [3.63, 3.8) is 0 Å². The molecule has 0 aromatic heterocycles. The van der Waals surface area contributed by atoms with E-state index >= 15 is 0 Å². The number of hydrogen-bond donors (Lipinski definition) is 2. The molecular weight excluding hydrogens is 218 g/mol. The van der Waals surface area contributed by atoms with E-state index in [4.69, 9.17) is 10.6 Å². The number of carbonyl (C=O) groups excluding carboxylic acids is 1. The van der Waals surface area contributed by atoms with Crippen LogP contribution in [0.4, 0.5) is 0 Å². The smallest absolute Gasteiger partial charge is 0.237 e. The van der Waals surface area contributed by atoms with E-state index in [2.05, 4.69) is 38.0 Å². The summed E-state index contributed by atoms with van der Waals surface area (Å²) in [6.45, 7) is 12.6. The first-order valence-corrected chi connectivity index (χ1v) is 6.08. The van der Waals surface area contributed by atoms with E-state index in [0.717, 1.165) is 13.1 Å². The first kappa shape index (κ1) is 14.4. The molecule has 1 atom stereocenters. The van der Waals surface area contributed by atoms with Crippen molar-refractivity contribution in [3.8, 4) is 0 Å². The minimum absolute atomic E-state index is 0.107. The van der Waals surface area contributed by atoms with Gasteiger partial charge in [-0.3, -0.25) is 15.1 Å². The molecule has 0 radical (unpaired) electrons. The third-order valence-corrected chi connectivity index (χ3v) is 2.88. The van der Waals surface area contributed by atoms with Crippen molar-refractivity contribution in [3.05, 3.63) is 0 Å². The number of nitrogens with two attached hydrogens (primary N) is 1. The number of amides is 1. The topological polar surface area (TPSA) is 67.6 Å². The average Bonchev–Trinajstić information content (AvgIpc) is 2.11.